The average Bonchev–Trinajstić information content (AvgIpc) is 3.39. The zero-order valence-electron chi connectivity index (χ0n) is 19.0. The molecule has 3 fully saturated rings. The number of carboxylic acid groups (broad SMARTS) is 1. The van der Waals surface area contributed by atoms with Crippen molar-refractivity contribution >= 4 is 11.9 Å². The minimum absolute atomic E-state index is 0.108. The molecule has 1 aliphatic carbocycles. The lowest BCUT2D eigenvalue weighted by Gasteiger charge is -2.44. The van der Waals surface area contributed by atoms with Gasteiger partial charge < -0.3 is 20.1 Å². The van der Waals surface area contributed by atoms with E-state index >= 15 is 0 Å². The van der Waals surface area contributed by atoms with Crippen molar-refractivity contribution < 1.29 is 32.6 Å². The Bertz CT molecular complexity index is 799. The van der Waals surface area contributed by atoms with Crippen LogP contribution in [0.2, 0.25) is 0 Å². The van der Waals surface area contributed by atoms with Gasteiger partial charge in [0.1, 0.15) is 0 Å². The summed E-state index contributed by atoms with van der Waals surface area (Å²) in [4.78, 5) is 23.7. The second kappa shape index (κ2) is 10.9. The smallest absolute Gasteiger partial charge is 0.475 e. The molecule has 2 heterocycles. The second-order valence-electron chi connectivity index (χ2n) is 9.40. The molecule has 9 heteroatoms. The van der Waals surface area contributed by atoms with E-state index in [1.54, 1.807) is 0 Å². The number of halogens is 3. The first-order valence-electron chi connectivity index (χ1n) is 11.6. The van der Waals surface area contributed by atoms with Crippen molar-refractivity contribution in [1.82, 2.24) is 10.2 Å². The van der Waals surface area contributed by atoms with E-state index in [1.165, 1.54) is 30.4 Å². The molecule has 1 aromatic rings. The van der Waals surface area contributed by atoms with Crippen LogP contribution in [0.15, 0.2) is 24.3 Å². The number of hydrogen-bond acceptors (Lipinski definition) is 4. The van der Waals surface area contributed by atoms with Crippen LogP contribution in [0.3, 0.4) is 0 Å². The molecule has 2 aliphatic heterocycles. The van der Waals surface area contributed by atoms with Crippen LogP contribution >= 0.6 is 0 Å². The first-order chi connectivity index (χ1) is 15.6. The molecular formula is C24H33F3N2O4. The number of likely N-dealkylation sites (tertiary alicyclic amines) is 1. The lowest BCUT2D eigenvalue weighted by molar-refractivity contribution is -0.192. The summed E-state index contributed by atoms with van der Waals surface area (Å²) >= 11 is 0. The van der Waals surface area contributed by atoms with Crippen molar-refractivity contribution in [3.63, 3.8) is 0 Å². The average molecular weight is 471 g/mol. The van der Waals surface area contributed by atoms with Gasteiger partial charge in [-0.15, -0.1) is 0 Å². The fourth-order valence-corrected chi connectivity index (χ4v) is 4.96. The molecule has 1 aromatic carbocycles. The molecule has 4 rings (SSSR count). The molecule has 33 heavy (non-hydrogen) atoms. The maximum atomic E-state index is 12.6. The van der Waals surface area contributed by atoms with E-state index in [1.807, 2.05) is 0 Å². The molecule has 1 spiro atoms. The number of rotatable bonds is 5. The van der Waals surface area contributed by atoms with E-state index in [2.05, 4.69) is 41.4 Å². The molecule has 1 atom stereocenters. The molecular weight excluding hydrogens is 437 g/mol. The van der Waals surface area contributed by atoms with Crippen LogP contribution in [0.4, 0.5) is 13.2 Å². The van der Waals surface area contributed by atoms with Gasteiger partial charge in [-0.3, -0.25) is 4.79 Å². The summed E-state index contributed by atoms with van der Waals surface area (Å²) < 4.78 is 37.2. The van der Waals surface area contributed by atoms with Crippen LogP contribution in [-0.4, -0.2) is 59.4 Å². The zero-order chi connectivity index (χ0) is 24.1. The number of nitrogens with zero attached hydrogens (tertiary/aromatic N) is 1. The normalized spacial score (nSPS) is 27.5. The number of ether oxygens (including phenoxy) is 1. The molecule has 2 N–H and O–H groups in total. The zero-order valence-corrected chi connectivity index (χ0v) is 19.0. The quantitative estimate of drug-likeness (QED) is 0.679. The van der Waals surface area contributed by atoms with Gasteiger partial charge in [-0.25, -0.2) is 4.79 Å². The molecule has 1 saturated carbocycles. The fraction of sp³-hybridized carbons (Fsp3) is 0.667. The monoisotopic (exact) mass is 470 g/mol. The summed E-state index contributed by atoms with van der Waals surface area (Å²) in [6.45, 7) is 5.82. The van der Waals surface area contributed by atoms with Gasteiger partial charge in [0.05, 0.1) is 6.61 Å². The van der Waals surface area contributed by atoms with E-state index in [4.69, 9.17) is 14.6 Å². The maximum Gasteiger partial charge on any atom is 0.490 e. The number of carbonyl (C=O) groups is 2. The number of benzene rings is 1. The van der Waals surface area contributed by atoms with Gasteiger partial charge in [0.2, 0.25) is 5.91 Å². The molecule has 0 bridgehead atoms. The van der Waals surface area contributed by atoms with Crippen LogP contribution in [-0.2, 0) is 20.9 Å². The predicted molar refractivity (Wildman–Crippen MR) is 117 cm³/mol. The van der Waals surface area contributed by atoms with Crippen LogP contribution in [0.1, 0.15) is 56.1 Å². The summed E-state index contributed by atoms with van der Waals surface area (Å²) in [5.74, 6) is -1.72. The summed E-state index contributed by atoms with van der Waals surface area (Å²) in [5, 5.41) is 10.9. The Morgan fingerprint density at radius 1 is 1.18 bits per heavy atom. The van der Waals surface area contributed by atoms with Crippen molar-refractivity contribution in [3.8, 4) is 0 Å². The number of alkyl halides is 3. The minimum atomic E-state index is -5.08. The van der Waals surface area contributed by atoms with Gasteiger partial charge in [-0.05, 0) is 56.9 Å². The fourth-order valence-electron chi connectivity index (χ4n) is 4.96. The maximum absolute atomic E-state index is 12.6. The third-order valence-corrected chi connectivity index (χ3v) is 7.02. The number of aliphatic carboxylic acids is 1. The highest BCUT2D eigenvalue weighted by Gasteiger charge is 2.46. The van der Waals surface area contributed by atoms with E-state index in [-0.39, 0.29) is 5.54 Å². The van der Waals surface area contributed by atoms with E-state index in [0.717, 1.165) is 52.0 Å². The number of carboxylic acids is 1. The third-order valence-electron chi connectivity index (χ3n) is 7.02. The largest absolute Gasteiger partial charge is 0.490 e. The summed E-state index contributed by atoms with van der Waals surface area (Å²) in [6.07, 6.45) is 2.54. The van der Waals surface area contributed by atoms with Gasteiger partial charge in [-0.2, -0.15) is 13.2 Å². The van der Waals surface area contributed by atoms with Crippen LogP contribution in [0, 0.1) is 12.8 Å². The Morgan fingerprint density at radius 2 is 1.82 bits per heavy atom. The van der Waals surface area contributed by atoms with Crippen molar-refractivity contribution in [3.05, 3.63) is 35.4 Å². The summed E-state index contributed by atoms with van der Waals surface area (Å²) in [5.41, 5.74) is 2.64. The van der Waals surface area contributed by atoms with Crippen molar-refractivity contribution in [2.45, 2.75) is 76.2 Å². The van der Waals surface area contributed by atoms with Crippen molar-refractivity contribution in [1.29, 1.82) is 0 Å². The van der Waals surface area contributed by atoms with Crippen molar-refractivity contribution in [2.24, 2.45) is 5.92 Å². The first kappa shape index (κ1) is 25.5. The number of carbonyl (C=O) groups excluding carboxylic acids is 1. The number of hydrogen-bond donors (Lipinski definition) is 2. The van der Waals surface area contributed by atoms with E-state index < -0.39 is 12.1 Å². The van der Waals surface area contributed by atoms with Crippen LogP contribution < -0.4 is 5.32 Å². The van der Waals surface area contributed by atoms with Gasteiger partial charge >= 0.3 is 12.1 Å². The highest BCUT2D eigenvalue weighted by Crippen LogP contribution is 2.43. The topological polar surface area (TPSA) is 78.9 Å². The number of nitrogens with one attached hydrogen (secondary N) is 1. The van der Waals surface area contributed by atoms with Crippen LogP contribution in [0.25, 0.3) is 0 Å². The molecule has 1 amide bonds. The van der Waals surface area contributed by atoms with Crippen molar-refractivity contribution in [2.75, 3.05) is 19.8 Å². The molecule has 0 aromatic heterocycles. The Kier molecular flexibility index (Phi) is 8.39. The standard InChI is InChI=1S/C22H32N2O2.C2HF3O2/c1-17-2-4-18(5-3-17)15-24-21(25)8-12-22(24)10-6-20(7-11-22)23-14-19-9-13-26-16-19;3-2(4,5)1(6)7/h2-5,19-20,23H,6-16H2,1H3;(H,6,7). The Balaban J connectivity index is 0.000000383. The first-order valence-corrected chi connectivity index (χ1v) is 11.6. The molecule has 184 valence electrons. The van der Waals surface area contributed by atoms with E-state index in [0.29, 0.717) is 17.9 Å². The minimum Gasteiger partial charge on any atom is -0.475 e. The molecule has 1 unspecified atom stereocenters. The number of amides is 1. The highest BCUT2D eigenvalue weighted by atomic mass is 19.4. The molecule has 2 saturated heterocycles. The van der Waals surface area contributed by atoms with Gasteiger partial charge in [-0.1, -0.05) is 29.8 Å². The Labute approximate surface area is 192 Å². The molecule has 0 radical (unpaired) electrons. The Morgan fingerprint density at radius 3 is 2.36 bits per heavy atom. The third kappa shape index (κ3) is 6.93. The number of aryl methyl sites for hydroxylation is 1. The molecule has 3 aliphatic rings. The second-order valence-corrected chi connectivity index (χ2v) is 9.40. The van der Waals surface area contributed by atoms with Gasteiger partial charge in [0.15, 0.2) is 0 Å². The molecule has 6 nitrogen and oxygen atoms in total. The summed E-state index contributed by atoms with van der Waals surface area (Å²) in [7, 11) is 0. The Hall–Kier alpha value is -2.13. The lowest BCUT2D eigenvalue weighted by Crippen LogP contribution is -2.50. The van der Waals surface area contributed by atoms with Crippen LogP contribution in [0.5, 0.6) is 0 Å². The predicted octanol–water partition coefficient (Wildman–Crippen LogP) is 4.06. The highest BCUT2D eigenvalue weighted by molar-refractivity contribution is 5.79. The summed E-state index contributed by atoms with van der Waals surface area (Å²) in [6, 6.07) is 9.25. The lowest BCUT2D eigenvalue weighted by atomic mass is 9.77. The van der Waals surface area contributed by atoms with E-state index in [9.17, 15) is 18.0 Å². The van der Waals surface area contributed by atoms with Gasteiger partial charge in [0, 0.05) is 37.7 Å². The SMILES string of the molecule is Cc1ccc(CN2C(=O)CCC23CCC(NCC2CCOC2)CC3)cc1.O=C(O)C(F)(F)F. The van der Waals surface area contributed by atoms with Gasteiger partial charge in [0.25, 0.3) is 0 Å².